The molecule has 17 heavy (non-hydrogen) atoms. The van der Waals surface area contributed by atoms with Gasteiger partial charge in [0.25, 0.3) is 5.91 Å². The van der Waals surface area contributed by atoms with Gasteiger partial charge in [-0.25, -0.2) is 0 Å². The molecule has 0 spiro atoms. The molecule has 0 aliphatic rings. The van der Waals surface area contributed by atoms with Gasteiger partial charge < -0.3 is 15.2 Å². The number of ether oxygens (including phenoxy) is 1. The zero-order valence-corrected chi connectivity index (χ0v) is 9.98. The molecule has 1 rings (SSSR count). The van der Waals surface area contributed by atoms with E-state index >= 15 is 0 Å². The van der Waals surface area contributed by atoms with E-state index in [0.29, 0.717) is 5.75 Å². The van der Waals surface area contributed by atoms with Crippen LogP contribution in [-0.4, -0.2) is 29.9 Å². The molecular weight excluding hydrogens is 222 g/mol. The number of carbonyl (C=O) groups is 2. The van der Waals surface area contributed by atoms with E-state index in [9.17, 15) is 14.7 Å². The van der Waals surface area contributed by atoms with Crippen LogP contribution in [0.1, 0.15) is 24.2 Å². The van der Waals surface area contributed by atoms with Crippen molar-refractivity contribution in [3.05, 3.63) is 23.8 Å². The van der Waals surface area contributed by atoms with E-state index in [1.807, 2.05) is 0 Å². The van der Waals surface area contributed by atoms with Crippen LogP contribution in [0.3, 0.4) is 0 Å². The number of Topliss-reactive ketones (excluding diaryl/α,β-unsaturated/α-hetero) is 1. The Morgan fingerprint density at radius 2 is 2.06 bits per heavy atom. The molecule has 0 heterocycles. The van der Waals surface area contributed by atoms with E-state index in [2.05, 4.69) is 5.32 Å². The van der Waals surface area contributed by atoms with Gasteiger partial charge in [-0.2, -0.15) is 0 Å². The van der Waals surface area contributed by atoms with Crippen molar-refractivity contribution in [3.8, 4) is 11.5 Å². The molecule has 0 radical (unpaired) electrons. The number of aromatic hydroxyl groups is 1. The summed E-state index contributed by atoms with van der Waals surface area (Å²) in [5.41, 5.74) is 0.0810. The van der Waals surface area contributed by atoms with Gasteiger partial charge in [0.05, 0.1) is 18.7 Å². The molecule has 1 unspecified atom stereocenters. The van der Waals surface area contributed by atoms with Gasteiger partial charge in [0, 0.05) is 0 Å². The molecule has 0 fully saturated rings. The first kappa shape index (κ1) is 13.0. The first-order valence-electron chi connectivity index (χ1n) is 5.14. The molecule has 5 nitrogen and oxygen atoms in total. The van der Waals surface area contributed by atoms with Crippen molar-refractivity contribution in [1.82, 2.24) is 5.32 Å². The lowest BCUT2D eigenvalue weighted by Crippen LogP contribution is -2.37. The van der Waals surface area contributed by atoms with E-state index < -0.39 is 11.9 Å². The number of amides is 1. The summed E-state index contributed by atoms with van der Waals surface area (Å²) in [4.78, 5) is 22.8. The van der Waals surface area contributed by atoms with E-state index in [-0.39, 0.29) is 17.1 Å². The summed E-state index contributed by atoms with van der Waals surface area (Å²) in [7, 11) is 1.46. The molecular formula is C12H15NO4. The summed E-state index contributed by atoms with van der Waals surface area (Å²) >= 11 is 0. The van der Waals surface area contributed by atoms with Crippen molar-refractivity contribution in [2.75, 3.05) is 7.11 Å². The Kier molecular flexibility index (Phi) is 4.09. The van der Waals surface area contributed by atoms with Gasteiger partial charge in [0.1, 0.15) is 11.5 Å². The molecule has 1 aromatic rings. The van der Waals surface area contributed by atoms with Gasteiger partial charge in [-0.05, 0) is 32.0 Å². The molecule has 0 saturated heterocycles. The smallest absolute Gasteiger partial charge is 0.255 e. The molecule has 5 heteroatoms. The molecule has 0 aromatic heterocycles. The Balaban J connectivity index is 2.91. The van der Waals surface area contributed by atoms with Crippen molar-refractivity contribution in [1.29, 1.82) is 0 Å². The quantitative estimate of drug-likeness (QED) is 0.822. The second kappa shape index (κ2) is 5.34. The van der Waals surface area contributed by atoms with Crippen LogP contribution in [0.15, 0.2) is 18.2 Å². The topological polar surface area (TPSA) is 75.6 Å². The van der Waals surface area contributed by atoms with Crippen LogP contribution in [0.4, 0.5) is 0 Å². The van der Waals surface area contributed by atoms with Crippen molar-refractivity contribution >= 4 is 11.7 Å². The summed E-state index contributed by atoms with van der Waals surface area (Å²) in [5, 5.41) is 12.0. The number of rotatable bonds is 4. The third-order valence-corrected chi connectivity index (χ3v) is 2.41. The molecule has 0 bridgehead atoms. The standard InChI is InChI=1S/C12H15NO4/c1-7(8(2)14)13-12(16)10-6-9(17-3)4-5-11(10)15/h4-7,15H,1-3H3,(H,13,16). The summed E-state index contributed by atoms with van der Waals surface area (Å²) in [5.74, 6) is -0.354. The lowest BCUT2D eigenvalue weighted by atomic mass is 10.1. The van der Waals surface area contributed by atoms with Crippen LogP contribution in [0.25, 0.3) is 0 Å². The van der Waals surface area contributed by atoms with Gasteiger partial charge in [0.2, 0.25) is 0 Å². The number of ketones is 1. The fourth-order valence-electron chi connectivity index (χ4n) is 1.20. The summed E-state index contributed by atoms with van der Waals surface area (Å²) in [6.07, 6.45) is 0. The minimum absolute atomic E-state index is 0.0810. The first-order chi connectivity index (χ1) is 7.95. The summed E-state index contributed by atoms with van der Waals surface area (Å²) in [6, 6.07) is 3.73. The lowest BCUT2D eigenvalue weighted by molar-refractivity contribution is -0.118. The highest BCUT2D eigenvalue weighted by molar-refractivity contribution is 5.99. The minimum atomic E-state index is -0.590. The summed E-state index contributed by atoms with van der Waals surface area (Å²) in [6.45, 7) is 2.97. The van der Waals surface area contributed by atoms with Crippen LogP contribution >= 0.6 is 0 Å². The largest absolute Gasteiger partial charge is 0.507 e. The minimum Gasteiger partial charge on any atom is -0.507 e. The number of hydrogen-bond donors (Lipinski definition) is 2. The Labute approximate surface area is 99.4 Å². The highest BCUT2D eigenvalue weighted by Crippen LogP contribution is 2.22. The van der Waals surface area contributed by atoms with Crippen LogP contribution in [-0.2, 0) is 4.79 Å². The number of benzene rings is 1. The highest BCUT2D eigenvalue weighted by Gasteiger charge is 2.16. The van der Waals surface area contributed by atoms with E-state index in [1.165, 1.54) is 26.2 Å². The average molecular weight is 237 g/mol. The fraction of sp³-hybridized carbons (Fsp3) is 0.333. The maximum absolute atomic E-state index is 11.8. The second-order valence-electron chi connectivity index (χ2n) is 3.69. The highest BCUT2D eigenvalue weighted by atomic mass is 16.5. The Morgan fingerprint density at radius 3 is 2.59 bits per heavy atom. The summed E-state index contributed by atoms with van der Waals surface area (Å²) < 4.78 is 4.95. The Bertz CT molecular complexity index is 442. The third kappa shape index (κ3) is 3.21. The maximum atomic E-state index is 11.8. The molecule has 1 aromatic carbocycles. The van der Waals surface area contributed by atoms with Crippen LogP contribution in [0.5, 0.6) is 11.5 Å². The predicted molar refractivity (Wildman–Crippen MR) is 62.3 cm³/mol. The average Bonchev–Trinajstić information content (AvgIpc) is 2.29. The number of phenols is 1. The first-order valence-corrected chi connectivity index (χ1v) is 5.14. The second-order valence-corrected chi connectivity index (χ2v) is 3.69. The number of carbonyl (C=O) groups excluding carboxylic acids is 2. The number of methoxy groups -OCH3 is 1. The maximum Gasteiger partial charge on any atom is 0.255 e. The van der Waals surface area contributed by atoms with Crippen LogP contribution in [0.2, 0.25) is 0 Å². The van der Waals surface area contributed by atoms with Crippen molar-refractivity contribution < 1.29 is 19.4 Å². The van der Waals surface area contributed by atoms with Gasteiger partial charge >= 0.3 is 0 Å². The fourth-order valence-corrected chi connectivity index (χ4v) is 1.20. The van der Waals surface area contributed by atoms with Crippen molar-refractivity contribution in [3.63, 3.8) is 0 Å². The molecule has 0 aliphatic carbocycles. The number of nitrogens with one attached hydrogen (secondary N) is 1. The lowest BCUT2D eigenvalue weighted by Gasteiger charge is -2.12. The van der Waals surface area contributed by atoms with Crippen molar-refractivity contribution in [2.45, 2.75) is 19.9 Å². The molecule has 0 aliphatic heterocycles. The molecule has 92 valence electrons. The zero-order chi connectivity index (χ0) is 13.0. The van der Waals surface area contributed by atoms with Crippen LogP contribution in [0, 0.1) is 0 Å². The SMILES string of the molecule is COc1ccc(O)c(C(=O)NC(C)C(C)=O)c1. The van der Waals surface area contributed by atoms with Gasteiger partial charge in [-0.15, -0.1) is 0 Å². The molecule has 2 N–H and O–H groups in total. The van der Waals surface area contributed by atoms with Gasteiger partial charge in [0.15, 0.2) is 5.78 Å². The Hall–Kier alpha value is -2.04. The third-order valence-electron chi connectivity index (χ3n) is 2.41. The van der Waals surface area contributed by atoms with Gasteiger partial charge in [-0.3, -0.25) is 9.59 Å². The van der Waals surface area contributed by atoms with E-state index in [0.717, 1.165) is 0 Å². The van der Waals surface area contributed by atoms with Crippen LogP contribution < -0.4 is 10.1 Å². The van der Waals surface area contributed by atoms with Gasteiger partial charge in [-0.1, -0.05) is 0 Å². The van der Waals surface area contributed by atoms with Crippen molar-refractivity contribution in [2.24, 2.45) is 0 Å². The predicted octanol–water partition coefficient (Wildman–Crippen LogP) is 1.11. The van der Waals surface area contributed by atoms with E-state index in [1.54, 1.807) is 13.0 Å². The molecule has 1 atom stereocenters. The molecule has 1 amide bonds. The zero-order valence-electron chi connectivity index (χ0n) is 9.98. The number of phenolic OH excluding ortho intramolecular Hbond substituents is 1. The molecule has 0 saturated carbocycles. The monoisotopic (exact) mass is 237 g/mol. The number of hydrogen-bond acceptors (Lipinski definition) is 4. The van der Waals surface area contributed by atoms with E-state index in [4.69, 9.17) is 4.74 Å². The normalized spacial score (nSPS) is 11.7. The Morgan fingerprint density at radius 1 is 1.41 bits per heavy atom.